The number of nitrogens with one attached hydrogen (secondary N) is 1. The number of carbonyl (C=O) groups is 1. The minimum atomic E-state index is -1.17. The van der Waals surface area contributed by atoms with Crippen molar-refractivity contribution in [2.24, 2.45) is 0 Å². The van der Waals surface area contributed by atoms with E-state index in [9.17, 15) is 14.3 Å². The van der Waals surface area contributed by atoms with E-state index in [1.165, 1.54) is 12.1 Å². The van der Waals surface area contributed by atoms with Crippen molar-refractivity contribution in [1.29, 1.82) is 0 Å². The average Bonchev–Trinajstić information content (AvgIpc) is 2.46. The Kier molecular flexibility index (Phi) is 4.80. The number of benzene rings is 2. The lowest BCUT2D eigenvalue weighted by Crippen LogP contribution is -2.21. The van der Waals surface area contributed by atoms with E-state index in [0.717, 1.165) is 0 Å². The van der Waals surface area contributed by atoms with Gasteiger partial charge in [0.2, 0.25) is 0 Å². The Morgan fingerprint density at radius 2 is 1.95 bits per heavy atom. The lowest BCUT2D eigenvalue weighted by atomic mass is 10.1. The number of carboxylic acid groups (broad SMARTS) is 1. The van der Waals surface area contributed by atoms with Gasteiger partial charge in [0.25, 0.3) is 0 Å². The second kappa shape index (κ2) is 6.58. The zero-order valence-electron chi connectivity index (χ0n) is 11.1. The van der Waals surface area contributed by atoms with Gasteiger partial charge < -0.3 is 15.2 Å². The highest BCUT2D eigenvalue weighted by molar-refractivity contribution is 9.10. The van der Waals surface area contributed by atoms with Crippen molar-refractivity contribution in [3.8, 4) is 5.75 Å². The van der Waals surface area contributed by atoms with Crippen molar-refractivity contribution in [2.75, 3.05) is 12.4 Å². The van der Waals surface area contributed by atoms with Gasteiger partial charge in [-0.2, -0.15) is 0 Å². The molecule has 2 rings (SSSR count). The summed E-state index contributed by atoms with van der Waals surface area (Å²) < 4.78 is 19.5. The minimum Gasteiger partial charge on any atom is -0.497 e. The lowest BCUT2D eigenvalue weighted by molar-refractivity contribution is -0.138. The van der Waals surface area contributed by atoms with Crippen molar-refractivity contribution in [3.63, 3.8) is 0 Å². The molecule has 0 aliphatic carbocycles. The number of carboxylic acids is 1. The molecule has 1 unspecified atom stereocenters. The van der Waals surface area contributed by atoms with E-state index in [-0.39, 0.29) is 5.56 Å². The third kappa shape index (κ3) is 3.72. The molecule has 0 saturated heterocycles. The van der Waals surface area contributed by atoms with Crippen LogP contribution in [0.3, 0.4) is 0 Å². The second-order valence-electron chi connectivity index (χ2n) is 4.31. The molecule has 0 aliphatic heterocycles. The molecule has 1 atom stereocenters. The average molecular weight is 354 g/mol. The second-order valence-corrected chi connectivity index (χ2v) is 5.23. The molecule has 0 bridgehead atoms. The fourth-order valence-electron chi connectivity index (χ4n) is 1.86. The Bertz CT molecular complexity index is 646. The topological polar surface area (TPSA) is 58.6 Å². The summed E-state index contributed by atoms with van der Waals surface area (Å²) in [6.45, 7) is 0. The minimum absolute atomic E-state index is 0.0709. The molecule has 21 heavy (non-hydrogen) atoms. The highest BCUT2D eigenvalue weighted by atomic mass is 79.9. The quantitative estimate of drug-likeness (QED) is 0.857. The third-order valence-electron chi connectivity index (χ3n) is 2.92. The molecule has 6 heteroatoms. The van der Waals surface area contributed by atoms with E-state index in [0.29, 0.717) is 15.9 Å². The highest BCUT2D eigenvalue weighted by Crippen LogP contribution is 2.26. The van der Waals surface area contributed by atoms with Crippen LogP contribution >= 0.6 is 15.9 Å². The van der Waals surface area contributed by atoms with Gasteiger partial charge in [0.1, 0.15) is 11.6 Å². The van der Waals surface area contributed by atoms with Crippen LogP contribution in [0.1, 0.15) is 11.6 Å². The molecule has 0 aliphatic rings. The van der Waals surface area contributed by atoms with E-state index in [2.05, 4.69) is 21.2 Å². The first-order valence-corrected chi connectivity index (χ1v) is 6.89. The smallest absolute Gasteiger partial charge is 0.330 e. The molecule has 0 spiro atoms. The highest BCUT2D eigenvalue weighted by Gasteiger charge is 2.23. The Morgan fingerprint density at radius 3 is 2.48 bits per heavy atom. The van der Waals surface area contributed by atoms with Crippen molar-refractivity contribution < 1.29 is 19.0 Å². The van der Waals surface area contributed by atoms with Crippen LogP contribution in [0.25, 0.3) is 0 Å². The monoisotopic (exact) mass is 353 g/mol. The Balaban J connectivity index is 2.28. The maximum atomic E-state index is 13.9. The summed E-state index contributed by atoms with van der Waals surface area (Å²) in [6.07, 6.45) is 0. The molecule has 0 aromatic heterocycles. The van der Waals surface area contributed by atoms with Gasteiger partial charge >= 0.3 is 5.97 Å². The number of halogens is 2. The number of anilines is 1. The zero-order valence-corrected chi connectivity index (χ0v) is 12.7. The lowest BCUT2D eigenvalue weighted by Gasteiger charge is -2.17. The van der Waals surface area contributed by atoms with Crippen LogP contribution in [0, 0.1) is 5.82 Å². The molecule has 0 saturated carbocycles. The van der Waals surface area contributed by atoms with Gasteiger partial charge in [-0.15, -0.1) is 0 Å². The van der Waals surface area contributed by atoms with E-state index in [1.807, 2.05) is 0 Å². The Morgan fingerprint density at radius 1 is 1.29 bits per heavy atom. The number of hydrogen-bond donors (Lipinski definition) is 2. The van der Waals surface area contributed by atoms with Crippen LogP contribution in [0.2, 0.25) is 0 Å². The summed E-state index contributed by atoms with van der Waals surface area (Å²) in [7, 11) is 1.54. The molecule has 110 valence electrons. The molecular weight excluding hydrogens is 341 g/mol. The summed E-state index contributed by atoms with van der Waals surface area (Å²) in [5, 5.41) is 12.1. The summed E-state index contributed by atoms with van der Waals surface area (Å²) in [6, 6.07) is 9.83. The fraction of sp³-hybridized carbons (Fsp3) is 0.133. The SMILES string of the molecule is COc1ccc(NC(C(=O)O)c2ccc(Br)cc2F)cc1. The summed E-state index contributed by atoms with van der Waals surface area (Å²) in [5.41, 5.74) is 0.632. The van der Waals surface area contributed by atoms with Gasteiger partial charge in [-0.1, -0.05) is 22.0 Å². The van der Waals surface area contributed by atoms with Crippen molar-refractivity contribution in [2.45, 2.75) is 6.04 Å². The molecule has 2 aromatic carbocycles. The van der Waals surface area contributed by atoms with E-state index < -0.39 is 17.8 Å². The fourth-order valence-corrected chi connectivity index (χ4v) is 2.20. The van der Waals surface area contributed by atoms with Gasteiger partial charge in [-0.3, -0.25) is 0 Å². The molecular formula is C15H13BrFNO3. The molecule has 0 amide bonds. The molecule has 2 N–H and O–H groups in total. The normalized spacial score (nSPS) is 11.8. The van der Waals surface area contributed by atoms with Crippen LogP contribution in [0.5, 0.6) is 5.75 Å². The number of methoxy groups -OCH3 is 1. The van der Waals surface area contributed by atoms with Gasteiger partial charge in [-0.05, 0) is 36.4 Å². The van der Waals surface area contributed by atoms with Gasteiger partial charge in [0.15, 0.2) is 6.04 Å². The number of aliphatic carboxylic acids is 1. The summed E-state index contributed by atoms with van der Waals surface area (Å²) in [5.74, 6) is -1.09. The van der Waals surface area contributed by atoms with Crippen LogP contribution in [-0.2, 0) is 4.79 Å². The number of rotatable bonds is 5. The van der Waals surface area contributed by atoms with E-state index in [1.54, 1.807) is 37.4 Å². The third-order valence-corrected chi connectivity index (χ3v) is 3.41. The van der Waals surface area contributed by atoms with Gasteiger partial charge in [0, 0.05) is 15.7 Å². The zero-order chi connectivity index (χ0) is 15.4. The van der Waals surface area contributed by atoms with Gasteiger partial charge in [-0.25, -0.2) is 9.18 Å². The maximum Gasteiger partial charge on any atom is 0.330 e. The summed E-state index contributed by atoms with van der Waals surface area (Å²) >= 11 is 3.14. The predicted molar refractivity (Wildman–Crippen MR) is 81.1 cm³/mol. The van der Waals surface area contributed by atoms with Gasteiger partial charge in [0.05, 0.1) is 7.11 Å². The first kappa shape index (κ1) is 15.3. The first-order valence-electron chi connectivity index (χ1n) is 6.09. The Labute approximate surface area is 129 Å². The standard InChI is InChI=1S/C15H13BrFNO3/c1-21-11-5-3-10(4-6-11)18-14(15(19)20)12-7-2-9(16)8-13(12)17/h2-8,14,18H,1H3,(H,19,20). The van der Waals surface area contributed by atoms with Crippen LogP contribution < -0.4 is 10.1 Å². The number of hydrogen-bond acceptors (Lipinski definition) is 3. The van der Waals surface area contributed by atoms with Crippen molar-refractivity contribution >= 4 is 27.6 Å². The first-order chi connectivity index (χ1) is 10.0. The van der Waals surface area contributed by atoms with E-state index >= 15 is 0 Å². The largest absolute Gasteiger partial charge is 0.497 e. The van der Waals surface area contributed by atoms with Crippen LogP contribution in [-0.4, -0.2) is 18.2 Å². The predicted octanol–water partition coefficient (Wildman–Crippen LogP) is 3.83. The van der Waals surface area contributed by atoms with Crippen molar-refractivity contribution in [3.05, 3.63) is 58.3 Å². The maximum absolute atomic E-state index is 13.9. The van der Waals surface area contributed by atoms with Crippen LogP contribution in [0.15, 0.2) is 46.9 Å². The molecule has 0 heterocycles. The molecule has 4 nitrogen and oxygen atoms in total. The molecule has 2 aromatic rings. The van der Waals surface area contributed by atoms with Crippen LogP contribution in [0.4, 0.5) is 10.1 Å². The van der Waals surface area contributed by atoms with Crippen molar-refractivity contribution in [1.82, 2.24) is 0 Å². The Hall–Kier alpha value is -2.08. The number of ether oxygens (including phenoxy) is 1. The molecule has 0 radical (unpaired) electrons. The van der Waals surface area contributed by atoms with E-state index in [4.69, 9.17) is 4.74 Å². The molecule has 0 fully saturated rings. The summed E-state index contributed by atoms with van der Waals surface area (Å²) in [4.78, 5) is 11.4.